The van der Waals surface area contributed by atoms with E-state index in [0.29, 0.717) is 26.8 Å². The molecule has 8 heteroatoms. The van der Waals surface area contributed by atoms with E-state index in [9.17, 15) is 14.9 Å². The lowest BCUT2D eigenvalue weighted by molar-refractivity contribution is -0.385. The van der Waals surface area contributed by atoms with Crippen LogP contribution in [0.25, 0.3) is 0 Å². The van der Waals surface area contributed by atoms with Gasteiger partial charge in [0, 0.05) is 27.9 Å². The Bertz CT molecular complexity index is 1140. The molecule has 1 aliphatic rings. The summed E-state index contributed by atoms with van der Waals surface area (Å²) >= 11 is 7.41. The quantitative estimate of drug-likeness (QED) is 0.292. The Labute approximate surface area is 182 Å². The maximum atomic E-state index is 13.1. The van der Waals surface area contributed by atoms with Crippen LogP contribution in [0.1, 0.15) is 39.2 Å². The summed E-state index contributed by atoms with van der Waals surface area (Å²) in [5, 5.41) is 15.4. The minimum absolute atomic E-state index is 0.0188. The van der Waals surface area contributed by atoms with Crippen molar-refractivity contribution in [1.82, 2.24) is 0 Å². The summed E-state index contributed by atoms with van der Waals surface area (Å²) in [6, 6.07) is 13.3. The first-order chi connectivity index (χ1) is 14.5. The number of hydrogen-bond donors (Lipinski definition) is 1. The summed E-state index contributed by atoms with van der Waals surface area (Å²) in [7, 11) is 0. The first kappa shape index (κ1) is 20.3. The number of nitrogens with one attached hydrogen (secondary N) is 1. The van der Waals surface area contributed by atoms with Gasteiger partial charge in [0.15, 0.2) is 0 Å². The van der Waals surface area contributed by atoms with Crippen molar-refractivity contribution in [3.8, 4) is 0 Å². The lowest BCUT2D eigenvalue weighted by Crippen LogP contribution is -2.14. The SMILES string of the molecule is O=C(Nc1ccc(Cl)cc1)c1c(N=Cc2ccccc2[N+](=O)[O-])sc2c1CCCC2. The van der Waals surface area contributed by atoms with E-state index in [1.165, 1.54) is 23.6 Å². The Morgan fingerprint density at radius 2 is 1.87 bits per heavy atom. The van der Waals surface area contributed by atoms with Gasteiger partial charge in [0.05, 0.1) is 16.1 Å². The number of benzene rings is 2. The highest BCUT2D eigenvalue weighted by Crippen LogP contribution is 2.40. The molecule has 152 valence electrons. The number of hydrogen-bond acceptors (Lipinski definition) is 5. The molecule has 1 aromatic heterocycles. The van der Waals surface area contributed by atoms with Crippen LogP contribution in [0.2, 0.25) is 5.02 Å². The molecule has 0 unspecified atom stereocenters. The van der Waals surface area contributed by atoms with Crippen LogP contribution in [0.5, 0.6) is 0 Å². The highest BCUT2D eigenvalue weighted by atomic mass is 35.5. The van der Waals surface area contributed by atoms with Crippen LogP contribution in [0.4, 0.5) is 16.4 Å². The van der Waals surface area contributed by atoms with Gasteiger partial charge in [0.25, 0.3) is 11.6 Å². The van der Waals surface area contributed by atoms with Gasteiger partial charge in [-0.1, -0.05) is 23.7 Å². The number of thiophene rings is 1. The molecule has 6 nitrogen and oxygen atoms in total. The number of rotatable bonds is 5. The molecule has 0 atom stereocenters. The second kappa shape index (κ2) is 8.77. The van der Waals surface area contributed by atoms with Crippen molar-refractivity contribution in [2.24, 2.45) is 4.99 Å². The van der Waals surface area contributed by atoms with Crippen LogP contribution in [0.3, 0.4) is 0 Å². The Balaban J connectivity index is 1.70. The normalized spacial score (nSPS) is 13.2. The summed E-state index contributed by atoms with van der Waals surface area (Å²) in [6.07, 6.45) is 5.32. The average molecular weight is 440 g/mol. The Morgan fingerprint density at radius 1 is 1.13 bits per heavy atom. The monoisotopic (exact) mass is 439 g/mol. The van der Waals surface area contributed by atoms with E-state index in [2.05, 4.69) is 10.3 Å². The Hall–Kier alpha value is -3.03. The van der Waals surface area contributed by atoms with Crippen LogP contribution in [-0.2, 0) is 12.8 Å². The number of fused-ring (bicyclic) bond motifs is 1. The number of nitrogens with zero attached hydrogens (tertiary/aromatic N) is 2. The van der Waals surface area contributed by atoms with Gasteiger partial charge >= 0.3 is 0 Å². The van der Waals surface area contributed by atoms with Gasteiger partial charge in [-0.05, 0) is 61.6 Å². The summed E-state index contributed by atoms with van der Waals surface area (Å²) in [6.45, 7) is 0. The number of para-hydroxylation sites is 1. The largest absolute Gasteiger partial charge is 0.322 e. The van der Waals surface area contributed by atoms with Crippen molar-refractivity contribution >= 4 is 51.4 Å². The number of nitro benzene ring substituents is 1. The van der Waals surface area contributed by atoms with Crippen LogP contribution in [0, 0.1) is 10.1 Å². The van der Waals surface area contributed by atoms with E-state index < -0.39 is 4.92 Å². The number of aliphatic imine (C=N–C) groups is 1. The summed E-state index contributed by atoms with van der Waals surface area (Å²) in [4.78, 5) is 29.6. The number of aryl methyl sites for hydroxylation is 1. The summed E-state index contributed by atoms with van der Waals surface area (Å²) in [5.74, 6) is -0.230. The lowest BCUT2D eigenvalue weighted by atomic mass is 9.95. The topological polar surface area (TPSA) is 84.6 Å². The zero-order chi connectivity index (χ0) is 21.1. The number of nitro groups is 1. The van der Waals surface area contributed by atoms with E-state index in [1.54, 1.807) is 42.5 Å². The van der Waals surface area contributed by atoms with Crippen LogP contribution < -0.4 is 5.32 Å². The molecule has 3 aromatic rings. The maximum Gasteiger partial charge on any atom is 0.278 e. The molecule has 1 aliphatic carbocycles. The number of carbonyl (C=O) groups excluding carboxylic acids is 1. The minimum atomic E-state index is -0.436. The third-order valence-corrected chi connectivity index (χ3v) is 6.39. The molecule has 1 amide bonds. The van der Waals surface area contributed by atoms with E-state index in [1.807, 2.05) is 0 Å². The summed E-state index contributed by atoms with van der Waals surface area (Å²) < 4.78 is 0. The molecular weight excluding hydrogens is 422 g/mol. The third kappa shape index (κ3) is 4.27. The van der Waals surface area contributed by atoms with Crippen molar-refractivity contribution in [3.63, 3.8) is 0 Å². The fourth-order valence-electron chi connectivity index (χ4n) is 3.49. The van der Waals surface area contributed by atoms with Crippen molar-refractivity contribution < 1.29 is 9.72 Å². The van der Waals surface area contributed by atoms with Gasteiger partial charge in [-0.15, -0.1) is 11.3 Å². The van der Waals surface area contributed by atoms with Crippen molar-refractivity contribution in [3.05, 3.63) is 85.2 Å². The van der Waals surface area contributed by atoms with E-state index in [4.69, 9.17) is 11.6 Å². The van der Waals surface area contributed by atoms with Gasteiger partial charge in [0.1, 0.15) is 5.00 Å². The molecule has 0 aliphatic heterocycles. The molecule has 0 saturated carbocycles. The number of halogens is 1. The lowest BCUT2D eigenvalue weighted by Gasteiger charge is -2.12. The molecular formula is C22H18ClN3O3S. The summed E-state index contributed by atoms with van der Waals surface area (Å²) in [5.41, 5.74) is 2.62. The molecule has 30 heavy (non-hydrogen) atoms. The van der Waals surface area contributed by atoms with Gasteiger partial charge in [-0.3, -0.25) is 14.9 Å². The van der Waals surface area contributed by atoms with E-state index in [-0.39, 0.29) is 11.6 Å². The maximum absolute atomic E-state index is 13.1. The second-order valence-electron chi connectivity index (χ2n) is 6.93. The van der Waals surface area contributed by atoms with Crippen molar-refractivity contribution in [2.45, 2.75) is 25.7 Å². The smallest absolute Gasteiger partial charge is 0.278 e. The second-order valence-corrected chi connectivity index (χ2v) is 8.45. The molecule has 4 rings (SSSR count). The van der Waals surface area contributed by atoms with Crippen LogP contribution in [-0.4, -0.2) is 17.0 Å². The van der Waals surface area contributed by atoms with Gasteiger partial charge in [-0.25, -0.2) is 4.99 Å². The molecule has 1 heterocycles. The first-order valence-corrected chi connectivity index (χ1v) is 10.7. The Morgan fingerprint density at radius 3 is 2.63 bits per heavy atom. The van der Waals surface area contributed by atoms with Gasteiger partial charge in [0.2, 0.25) is 0 Å². The van der Waals surface area contributed by atoms with E-state index >= 15 is 0 Å². The number of carbonyl (C=O) groups is 1. The predicted octanol–water partition coefficient (Wildman–Crippen LogP) is 6.19. The Kier molecular flexibility index (Phi) is 5.92. The molecule has 0 fully saturated rings. The molecule has 0 saturated heterocycles. The standard InChI is InChI=1S/C22H18ClN3O3S/c23-15-9-11-16(12-10-15)25-21(27)20-17-6-2-4-8-19(17)30-22(20)24-13-14-5-1-3-7-18(14)26(28)29/h1,3,5,7,9-13H,2,4,6,8H2,(H,25,27). The minimum Gasteiger partial charge on any atom is -0.322 e. The fraction of sp³-hybridized carbons (Fsp3) is 0.182. The molecule has 0 spiro atoms. The molecule has 0 bridgehead atoms. The molecule has 2 aromatic carbocycles. The molecule has 1 N–H and O–H groups in total. The van der Waals surface area contributed by atoms with Crippen LogP contribution >= 0.6 is 22.9 Å². The predicted molar refractivity (Wildman–Crippen MR) is 121 cm³/mol. The number of amides is 1. The fourth-order valence-corrected chi connectivity index (χ4v) is 4.85. The van der Waals surface area contributed by atoms with Crippen molar-refractivity contribution in [2.75, 3.05) is 5.32 Å². The average Bonchev–Trinajstić information content (AvgIpc) is 3.12. The highest BCUT2D eigenvalue weighted by Gasteiger charge is 2.25. The van der Waals surface area contributed by atoms with Gasteiger partial charge in [-0.2, -0.15) is 0 Å². The van der Waals surface area contributed by atoms with Gasteiger partial charge < -0.3 is 5.32 Å². The zero-order valence-corrected chi connectivity index (χ0v) is 17.5. The highest BCUT2D eigenvalue weighted by molar-refractivity contribution is 7.16. The first-order valence-electron chi connectivity index (χ1n) is 9.52. The molecule has 0 radical (unpaired) electrons. The third-order valence-electron chi connectivity index (χ3n) is 4.94. The number of anilines is 1. The zero-order valence-electron chi connectivity index (χ0n) is 15.9. The van der Waals surface area contributed by atoms with Crippen molar-refractivity contribution in [1.29, 1.82) is 0 Å². The van der Waals surface area contributed by atoms with Crippen LogP contribution in [0.15, 0.2) is 53.5 Å². The van der Waals surface area contributed by atoms with E-state index in [0.717, 1.165) is 36.1 Å².